The molecule has 2 aromatic carbocycles. The number of nitrogens with zero attached hydrogens (tertiary/aromatic N) is 4. The molecule has 3 N–H and O–H groups in total. The van der Waals surface area contributed by atoms with Gasteiger partial charge in [0, 0.05) is 5.69 Å². The lowest BCUT2D eigenvalue weighted by Gasteiger charge is -2.08. The van der Waals surface area contributed by atoms with E-state index in [1.54, 1.807) is 12.1 Å². The van der Waals surface area contributed by atoms with Crippen molar-refractivity contribution in [1.82, 2.24) is 15.0 Å². The van der Waals surface area contributed by atoms with Gasteiger partial charge in [0.25, 0.3) is 0 Å². The standard InChI is InChI=1S/C19H13F3N6/c20-19(21,22)14-6-4-5-12(10-14)9-13(11-23)16-26-17(24)28-18(27-16)25-15-7-2-1-3-8-15/h1-10H,(H3,24,25,26,27,28). The molecule has 6 nitrogen and oxygen atoms in total. The quantitative estimate of drug-likeness (QED) is 0.653. The Labute approximate surface area is 158 Å². The first-order valence-electron chi connectivity index (χ1n) is 7.98. The van der Waals surface area contributed by atoms with E-state index in [0.29, 0.717) is 5.69 Å². The summed E-state index contributed by atoms with van der Waals surface area (Å²) in [7, 11) is 0. The van der Waals surface area contributed by atoms with Gasteiger partial charge in [-0.1, -0.05) is 30.3 Å². The van der Waals surface area contributed by atoms with Crippen LogP contribution >= 0.6 is 0 Å². The van der Waals surface area contributed by atoms with Crippen LogP contribution in [0.2, 0.25) is 0 Å². The normalized spacial score (nSPS) is 11.7. The number of nitrogens with one attached hydrogen (secondary N) is 1. The van der Waals surface area contributed by atoms with Gasteiger partial charge in [-0.15, -0.1) is 0 Å². The maximum atomic E-state index is 12.9. The number of allylic oxidation sites excluding steroid dienone is 1. The third-order valence-corrected chi connectivity index (χ3v) is 3.57. The Balaban J connectivity index is 1.97. The van der Waals surface area contributed by atoms with E-state index in [9.17, 15) is 18.4 Å². The molecule has 3 rings (SSSR count). The average Bonchev–Trinajstić information content (AvgIpc) is 2.66. The molecule has 0 fully saturated rings. The van der Waals surface area contributed by atoms with Crippen molar-refractivity contribution in [3.63, 3.8) is 0 Å². The first-order chi connectivity index (χ1) is 13.3. The topological polar surface area (TPSA) is 101 Å². The predicted molar refractivity (Wildman–Crippen MR) is 98.9 cm³/mol. The van der Waals surface area contributed by atoms with Crippen molar-refractivity contribution in [2.75, 3.05) is 11.1 Å². The van der Waals surface area contributed by atoms with E-state index in [2.05, 4.69) is 20.3 Å². The number of nitriles is 1. The molecule has 140 valence electrons. The van der Waals surface area contributed by atoms with Gasteiger partial charge < -0.3 is 11.1 Å². The van der Waals surface area contributed by atoms with Crippen molar-refractivity contribution >= 4 is 29.2 Å². The first-order valence-corrected chi connectivity index (χ1v) is 7.98. The number of anilines is 3. The number of para-hydroxylation sites is 1. The summed E-state index contributed by atoms with van der Waals surface area (Å²) in [6.45, 7) is 0. The Hall–Kier alpha value is -3.93. The summed E-state index contributed by atoms with van der Waals surface area (Å²) < 4.78 is 38.6. The van der Waals surface area contributed by atoms with Gasteiger partial charge in [0.2, 0.25) is 11.9 Å². The minimum atomic E-state index is -4.49. The van der Waals surface area contributed by atoms with E-state index in [-0.39, 0.29) is 28.9 Å². The highest BCUT2D eigenvalue weighted by atomic mass is 19.4. The van der Waals surface area contributed by atoms with Gasteiger partial charge in [-0.3, -0.25) is 0 Å². The Morgan fingerprint density at radius 3 is 2.46 bits per heavy atom. The highest BCUT2D eigenvalue weighted by Gasteiger charge is 2.30. The molecular weight excluding hydrogens is 369 g/mol. The summed E-state index contributed by atoms with van der Waals surface area (Å²) in [6, 6.07) is 15.5. The van der Waals surface area contributed by atoms with E-state index in [0.717, 1.165) is 12.1 Å². The summed E-state index contributed by atoms with van der Waals surface area (Å²) in [6.07, 6.45) is -3.22. The van der Waals surface area contributed by atoms with Crippen LogP contribution in [-0.4, -0.2) is 15.0 Å². The molecule has 0 radical (unpaired) electrons. The maximum Gasteiger partial charge on any atom is 0.416 e. The maximum absolute atomic E-state index is 12.9. The molecule has 0 saturated carbocycles. The van der Waals surface area contributed by atoms with Crippen LogP contribution in [0.4, 0.5) is 30.8 Å². The summed E-state index contributed by atoms with van der Waals surface area (Å²) in [5.74, 6) is -0.0710. The second-order valence-electron chi connectivity index (χ2n) is 5.62. The van der Waals surface area contributed by atoms with Crippen LogP contribution in [0.5, 0.6) is 0 Å². The van der Waals surface area contributed by atoms with Crippen LogP contribution in [0.1, 0.15) is 17.0 Å². The third-order valence-electron chi connectivity index (χ3n) is 3.57. The molecule has 28 heavy (non-hydrogen) atoms. The zero-order chi connectivity index (χ0) is 20.1. The zero-order valence-corrected chi connectivity index (χ0v) is 14.3. The smallest absolute Gasteiger partial charge is 0.368 e. The van der Waals surface area contributed by atoms with Gasteiger partial charge in [-0.2, -0.15) is 33.4 Å². The van der Waals surface area contributed by atoms with Gasteiger partial charge in [-0.05, 0) is 35.9 Å². The molecule has 9 heteroatoms. The number of aromatic nitrogens is 3. The number of halogens is 3. The Bertz CT molecular complexity index is 1060. The second-order valence-corrected chi connectivity index (χ2v) is 5.62. The van der Waals surface area contributed by atoms with Crippen LogP contribution in [0.3, 0.4) is 0 Å². The van der Waals surface area contributed by atoms with E-state index in [1.807, 2.05) is 24.3 Å². The molecule has 1 aromatic heterocycles. The highest BCUT2D eigenvalue weighted by Crippen LogP contribution is 2.30. The minimum Gasteiger partial charge on any atom is -0.368 e. The molecule has 0 atom stereocenters. The third kappa shape index (κ3) is 4.62. The van der Waals surface area contributed by atoms with Gasteiger partial charge in [-0.25, -0.2) is 0 Å². The predicted octanol–water partition coefficient (Wildman–Crippen LogP) is 4.28. The molecule has 0 unspecified atom stereocenters. The van der Waals surface area contributed by atoms with Crippen LogP contribution < -0.4 is 11.1 Å². The molecule has 0 bridgehead atoms. The van der Waals surface area contributed by atoms with Crippen molar-refractivity contribution in [3.05, 3.63) is 71.5 Å². The molecule has 0 aliphatic rings. The summed E-state index contributed by atoms with van der Waals surface area (Å²) in [5, 5.41) is 12.4. The van der Waals surface area contributed by atoms with Crippen LogP contribution in [0.25, 0.3) is 11.6 Å². The van der Waals surface area contributed by atoms with Crippen LogP contribution in [0, 0.1) is 11.3 Å². The second kappa shape index (κ2) is 7.75. The van der Waals surface area contributed by atoms with Crippen molar-refractivity contribution in [2.24, 2.45) is 0 Å². The summed E-state index contributed by atoms with van der Waals surface area (Å²) in [5.41, 5.74) is 5.70. The van der Waals surface area contributed by atoms with Crippen LogP contribution in [-0.2, 0) is 6.18 Å². The minimum absolute atomic E-state index is 0.0501. The lowest BCUT2D eigenvalue weighted by molar-refractivity contribution is -0.137. The Morgan fingerprint density at radius 2 is 1.79 bits per heavy atom. The highest BCUT2D eigenvalue weighted by molar-refractivity contribution is 5.87. The fourth-order valence-electron chi connectivity index (χ4n) is 2.34. The van der Waals surface area contributed by atoms with E-state index in [4.69, 9.17) is 5.73 Å². The molecule has 3 aromatic rings. The van der Waals surface area contributed by atoms with Gasteiger partial charge in [0.15, 0.2) is 5.82 Å². The van der Waals surface area contributed by atoms with Gasteiger partial charge in [0.05, 0.1) is 11.1 Å². The number of alkyl halides is 3. The van der Waals surface area contributed by atoms with Crippen molar-refractivity contribution in [1.29, 1.82) is 5.26 Å². The summed E-state index contributed by atoms with van der Waals surface area (Å²) >= 11 is 0. The molecule has 0 amide bonds. The fourth-order valence-corrected chi connectivity index (χ4v) is 2.34. The first kappa shape index (κ1) is 18.8. The van der Waals surface area contributed by atoms with E-state index < -0.39 is 11.7 Å². The molecule has 0 spiro atoms. The molecule has 0 saturated heterocycles. The lowest BCUT2D eigenvalue weighted by Crippen LogP contribution is -2.07. The molecule has 0 aliphatic carbocycles. The average molecular weight is 382 g/mol. The molecule has 1 heterocycles. The number of nitrogens with two attached hydrogens (primary N) is 1. The number of benzene rings is 2. The van der Waals surface area contributed by atoms with E-state index >= 15 is 0 Å². The van der Waals surface area contributed by atoms with Gasteiger partial charge >= 0.3 is 6.18 Å². The number of rotatable bonds is 4. The van der Waals surface area contributed by atoms with Crippen molar-refractivity contribution in [3.8, 4) is 6.07 Å². The van der Waals surface area contributed by atoms with Crippen LogP contribution in [0.15, 0.2) is 54.6 Å². The summed E-state index contributed by atoms with van der Waals surface area (Å²) in [4.78, 5) is 12.0. The number of nitrogen functional groups attached to an aromatic ring is 1. The lowest BCUT2D eigenvalue weighted by atomic mass is 10.1. The van der Waals surface area contributed by atoms with Crippen molar-refractivity contribution in [2.45, 2.75) is 6.18 Å². The molecular formula is C19H13F3N6. The number of hydrogen-bond donors (Lipinski definition) is 2. The van der Waals surface area contributed by atoms with Gasteiger partial charge in [0.1, 0.15) is 6.07 Å². The Kier molecular flexibility index (Phi) is 5.22. The van der Waals surface area contributed by atoms with Crippen molar-refractivity contribution < 1.29 is 13.2 Å². The number of hydrogen-bond acceptors (Lipinski definition) is 6. The largest absolute Gasteiger partial charge is 0.416 e. The van der Waals surface area contributed by atoms with E-state index in [1.165, 1.54) is 18.2 Å². The monoisotopic (exact) mass is 382 g/mol. The fraction of sp³-hybridized carbons (Fsp3) is 0.0526. The zero-order valence-electron chi connectivity index (χ0n) is 14.3. The molecule has 0 aliphatic heterocycles. The Morgan fingerprint density at radius 1 is 1.04 bits per heavy atom. The SMILES string of the molecule is N#CC(=Cc1cccc(C(F)(F)F)c1)c1nc(N)nc(Nc2ccccc2)n1.